The van der Waals surface area contributed by atoms with Crippen LogP contribution >= 0.6 is 11.3 Å². The van der Waals surface area contributed by atoms with Crippen LogP contribution in [0, 0.1) is 5.92 Å². The number of carbonyl (C=O) groups is 2. The molecule has 156 valence electrons. The molecule has 3 rings (SSSR count). The summed E-state index contributed by atoms with van der Waals surface area (Å²) in [6.45, 7) is 6.93. The number of ether oxygens (including phenoxy) is 2. The molecule has 1 amide bonds. The van der Waals surface area contributed by atoms with Crippen LogP contribution in [0.25, 0.3) is 0 Å². The zero-order valence-corrected chi connectivity index (χ0v) is 18.2. The number of thiophene rings is 1. The number of fused-ring (bicyclic) bond motifs is 1. The van der Waals surface area contributed by atoms with E-state index in [0.717, 1.165) is 37.7 Å². The van der Waals surface area contributed by atoms with Crippen molar-refractivity contribution < 1.29 is 19.1 Å². The molecule has 29 heavy (non-hydrogen) atoms. The van der Waals surface area contributed by atoms with E-state index in [2.05, 4.69) is 19.2 Å². The average molecular weight is 416 g/mol. The molecule has 0 radical (unpaired) electrons. The molecule has 1 N–H and O–H groups in total. The molecule has 1 aromatic carbocycles. The summed E-state index contributed by atoms with van der Waals surface area (Å²) in [5.41, 5.74) is 2.03. The summed E-state index contributed by atoms with van der Waals surface area (Å²) in [4.78, 5) is 26.8. The van der Waals surface area contributed by atoms with Crippen molar-refractivity contribution in [2.24, 2.45) is 5.92 Å². The molecule has 0 unspecified atom stereocenters. The first-order valence-electron chi connectivity index (χ1n) is 10.4. The molecular formula is C23H29NO4S. The van der Waals surface area contributed by atoms with Crippen LogP contribution in [0.5, 0.6) is 5.75 Å². The van der Waals surface area contributed by atoms with E-state index in [1.54, 1.807) is 19.1 Å². The highest BCUT2D eigenvalue weighted by Crippen LogP contribution is 2.39. The highest BCUT2D eigenvalue weighted by molar-refractivity contribution is 7.17. The maximum absolute atomic E-state index is 13.0. The Morgan fingerprint density at radius 3 is 2.69 bits per heavy atom. The van der Waals surface area contributed by atoms with Gasteiger partial charge in [-0.3, -0.25) is 4.79 Å². The van der Waals surface area contributed by atoms with E-state index in [1.165, 1.54) is 16.2 Å². The van der Waals surface area contributed by atoms with Gasteiger partial charge in [0.25, 0.3) is 5.91 Å². The fourth-order valence-corrected chi connectivity index (χ4v) is 4.70. The minimum absolute atomic E-state index is 0.269. The Kier molecular flexibility index (Phi) is 7.31. The van der Waals surface area contributed by atoms with Gasteiger partial charge in [-0.2, -0.15) is 0 Å². The van der Waals surface area contributed by atoms with E-state index in [9.17, 15) is 9.59 Å². The summed E-state index contributed by atoms with van der Waals surface area (Å²) >= 11 is 1.49. The van der Waals surface area contributed by atoms with Crippen LogP contribution < -0.4 is 10.1 Å². The molecule has 0 bridgehead atoms. The van der Waals surface area contributed by atoms with E-state index in [4.69, 9.17) is 9.47 Å². The molecule has 5 nitrogen and oxygen atoms in total. The lowest BCUT2D eigenvalue weighted by molar-refractivity contribution is 0.0526. The molecule has 2 aromatic rings. The number of hydrogen-bond acceptors (Lipinski definition) is 5. The van der Waals surface area contributed by atoms with Gasteiger partial charge in [-0.15, -0.1) is 11.3 Å². The van der Waals surface area contributed by atoms with Gasteiger partial charge in [-0.05, 0) is 62.6 Å². The molecule has 0 fully saturated rings. The third-order valence-corrected chi connectivity index (χ3v) is 6.17. The number of esters is 1. The molecule has 1 aliphatic rings. The number of nitrogens with one attached hydrogen (secondary N) is 1. The molecule has 1 aliphatic carbocycles. The Morgan fingerprint density at radius 2 is 1.93 bits per heavy atom. The van der Waals surface area contributed by atoms with Crippen molar-refractivity contribution in [1.29, 1.82) is 0 Å². The third kappa shape index (κ3) is 5.18. The third-order valence-electron chi connectivity index (χ3n) is 4.96. The quantitative estimate of drug-likeness (QED) is 0.580. The molecule has 1 heterocycles. The predicted molar refractivity (Wildman–Crippen MR) is 116 cm³/mol. The molecule has 1 aromatic heterocycles. The van der Waals surface area contributed by atoms with Gasteiger partial charge in [-0.1, -0.05) is 26.0 Å². The molecule has 6 heteroatoms. The van der Waals surface area contributed by atoms with E-state index in [0.29, 0.717) is 41.0 Å². The van der Waals surface area contributed by atoms with Crippen LogP contribution in [-0.2, 0) is 17.6 Å². The van der Waals surface area contributed by atoms with Gasteiger partial charge < -0.3 is 14.8 Å². The van der Waals surface area contributed by atoms with Gasteiger partial charge in [0.15, 0.2) is 0 Å². The monoisotopic (exact) mass is 415 g/mol. The first-order chi connectivity index (χ1) is 14.0. The highest BCUT2D eigenvalue weighted by Gasteiger charge is 2.27. The van der Waals surface area contributed by atoms with Crippen LogP contribution in [0.3, 0.4) is 0 Å². The summed E-state index contributed by atoms with van der Waals surface area (Å²) in [6, 6.07) is 7.23. The minimum atomic E-state index is -0.358. The Morgan fingerprint density at radius 1 is 1.17 bits per heavy atom. The fourth-order valence-electron chi connectivity index (χ4n) is 3.43. The number of anilines is 1. The highest BCUT2D eigenvalue weighted by atomic mass is 32.1. The van der Waals surface area contributed by atoms with Gasteiger partial charge in [0.05, 0.1) is 24.3 Å². The van der Waals surface area contributed by atoms with E-state index in [1.807, 2.05) is 12.1 Å². The van der Waals surface area contributed by atoms with Gasteiger partial charge in [0.2, 0.25) is 0 Å². The number of para-hydroxylation sites is 1. The van der Waals surface area contributed by atoms with Crippen molar-refractivity contribution in [2.75, 3.05) is 18.5 Å². The van der Waals surface area contributed by atoms with Crippen molar-refractivity contribution in [3.8, 4) is 5.75 Å². The van der Waals surface area contributed by atoms with Crippen molar-refractivity contribution in [3.05, 3.63) is 45.8 Å². The second-order valence-electron chi connectivity index (χ2n) is 7.62. The number of carbonyl (C=O) groups excluding carboxylic acids is 2. The first kappa shape index (κ1) is 21.4. The maximum Gasteiger partial charge on any atom is 0.341 e. The van der Waals surface area contributed by atoms with Gasteiger partial charge in [0.1, 0.15) is 10.8 Å². The van der Waals surface area contributed by atoms with Crippen molar-refractivity contribution >= 4 is 28.2 Å². The topological polar surface area (TPSA) is 64.6 Å². The Bertz CT molecular complexity index is 872. The lowest BCUT2D eigenvalue weighted by Gasteiger charge is -2.13. The van der Waals surface area contributed by atoms with Crippen LogP contribution in [0.1, 0.15) is 71.2 Å². The number of rotatable bonds is 8. The number of benzene rings is 1. The normalized spacial score (nSPS) is 13.1. The largest absolute Gasteiger partial charge is 0.493 e. The SMILES string of the molecule is CCOC(=O)c1c(NC(=O)c2ccccc2OCCC(C)C)sc2c1CCCC2. The van der Waals surface area contributed by atoms with Crippen LogP contribution in [-0.4, -0.2) is 25.1 Å². The standard InChI is InChI=1S/C23H29NO4S/c1-4-27-23(26)20-17-10-6-8-12-19(17)29-22(20)24-21(25)16-9-5-7-11-18(16)28-14-13-15(2)3/h5,7,9,11,15H,4,6,8,10,12-14H2,1-3H3,(H,24,25). The smallest absolute Gasteiger partial charge is 0.341 e. The van der Waals surface area contributed by atoms with E-state index < -0.39 is 0 Å². The summed E-state index contributed by atoms with van der Waals surface area (Å²) < 4.78 is 11.1. The first-order valence-corrected chi connectivity index (χ1v) is 11.2. The maximum atomic E-state index is 13.0. The Hall–Kier alpha value is -2.34. The van der Waals surface area contributed by atoms with Gasteiger partial charge >= 0.3 is 5.97 Å². The number of aryl methyl sites for hydroxylation is 1. The van der Waals surface area contributed by atoms with E-state index in [-0.39, 0.29) is 11.9 Å². The molecular weight excluding hydrogens is 386 g/mol. The summed E-state index contributed by atoms with van der Waals surface area (Å²) in [7, 11) is 0. The summed E-state index contributed by atoms with van der Waals surface area (Å²) in [5.74, 6) is 0.461. The molecule has 0 atom stereocenters. The lowest BCUT2D eigenvalue weighted by Crippen LogP contribution is -2.17. The number of amides is 1. The van der Waals surface area contributed by atoms with Crippen LogP contribution in [0.15, 0.2) is 24.3 Å². The number of hydrogen-bond donors (Lipinski definition) is 1. The van der Waals surface area contributed by atoms with Crippen molar-refractivity contribution in [2.45, 2.75) is 52.9 Å². The second-order valence-corrected chi connectivity index (χ2v) is 8.72. The van der Waals surface area contributed by atoms with Gasteiger partial charge in [-0.25, -0.2) is 4.79 Å². The van der Waals surface area contributed by atoms with Gasteiger partial charge in [0, 0.05) is 4.88 Å². The van der Waals surface area contributed by atoms with Crippen LogP contribution in [0.2, 0.25) is 0 Å². The fraction of sp³-hybridized carbons (Fsp3) is 0.478. The second kappa shape index (κ2) is 9.92. The summed E-state index contributed by atoms with van der Waals surface area (Å²) in [6.07, 6.45) is 4.87. The molecule has 0 spiro atoms. The minimum Gasteiger partial charge on any atom is -0.493 e. The molecule has 0 aliphatic heterocycles. The average Bonchev–Trinajstić information content (AvgIpc) is 3.06. The summed E-state index contributed by atoms with van der Waals surface area (Å²) in [5, 5.41) is 3.54. The zero-order valence-electron chi connectivity index (χ0n) is 17.4. The molecule has 0 saturated carbocycles. The zero-order chi connectivity index (χ0) is 20.8. The predicted octanol–water partition coefficient (Wildman–Crippen LogP) is 5.48. The Balaban J connectivity index is 1.84. The lowest BCUT2D eigenvalue weighted by atomic mass is 9.95. The molecule has 0 saturated heterocycles. The van der Waals surface area contributed by atoms with Crippen molar-refractivity contribution in [3.63, 3.8) is 0 Å². The van der Waals surface area contributed by atoms with E-state index >= 15 is 0 Å². The Labute approximate surface area is 176 Å². The van der Waals surface area contributed by atoms with Crippen molar-refractivity contribution in [1.82, 2.24) is 0 Å². The van der Waals surface area contributed by atoms with Crippen LogP contribution in [0.4, 0.5) is 5.00 Å².